The summed E-state index contributed by atoms with van der Waals surface area (Å²) in [7, 11) is 0. The van der Waals surface area contributed by atoms with Crippen molar-refractivity contribution in [1.29, 1.82) is 0 Å². The van der Waals surface area contributed by atoms with E-state index in [1.165, 1.54) is 0 Å². The van der Waals surface area contributed by atoms with E-state index < -0.39 is 0 Å². The highest BCUT2D eigenvalue weighted by Gasteiger charge is 2.09. The second-order valence-electron chi connectivity index (χ2n) is 5.58. The van der Waals surface area contributed by atoms with Gasteiger partial charge < -0.3 is 10.6 Å². The van der Waals surface area contributed by atoms with Crippen LogP contribution in [0.3, 0.4) is 0 Å². The van der Waals surface area contributed by atoms with Crippen molar-refractivity contribution in [3.8, 4) is 0 Å². The molecular weight excluding hydrogens is 284 g/mol. The molecular formula is C20H20N2O. The first kappa shape index (κ1) is 15.1. The highest BCUT2D eigenvalue weighted by atomic mass is 16.1. The molecule has 3 aromatic carbocycles. The second kappa shape index (κ2) is 6.97. The Balaban J connectivity index is 1.62. The lowest BCUT2D eigenvalue weighted by atomic mass is 10.1. The van der Waals surface area contributed by atoms with Gasteiger partial charge in [-0.05, 0) is 23.9 Å². The van der Waals surface area contributed by atoms with E-state index in [9.17, 15) is 4.79 Å². The summed E-state index contributed by atoms with van der Waals surface area (Å²) < 4.78 is 0. The van der Waals surface area contributed by atoms with Crippen LogP contribution in [0.2, 0.25) is 0 Å². The van der Waals surface area contributed by atoms with Crippen LogP contribution in [0.15, 0.2) is 72.8 Å². The van der Waals surface area contributed by atoms with Crippen molar-refractivity contribution in [3.05, 3.63) is 78.4 Å². The molecule has 0 aliphatic rings. The predicted octanol–water partition coefficient (Wildman–Crippen LogP) is 4.13. The monoisotopic (exact) mass is 304 g/mol. The number of hydrogen-bond donors (Lipinski definition) is 2. The van der Waals surface area contributed by atoms with Crippen molar-refractivity contribution in [2.75, 3.05) is 11.9 Å². The number of carbonyl (C=O) groups excluding carboxylic acids is 1. The topological polar surface area (TPSA) is 41.1 Å². The minimum absolute atomic E-state index is 0.00184. The van der Waals surface area contributed by atoms with Crippen molar-refractivity contribution >= 4 is 22.4 Å². The van der Waals surface area contributed by atoms with Gasteiger partial charge in [-0.2, -0.15) is 0 Å². The summed E-state index contributed by atoms with van der Waals surface area (Å²) in [5, 5.41) is 8.53. The fourth-order valence-electron chi connectivity index (χ4n) is 2.67. The second-order valence-corrected chi connectivity index (χ2v) is 5.58. The first-order chi connectivity index (χ1) is 11.2. The van der Waals surface area contributed by atoms with Gasteiger partial charge in [0.05, 0.1) is 12.6 Å². The van der Waals surface area contributed by atoms with Gasteiger partial charge in [0.2, 0.25) is 5.91 Å². The van der Waals surface area contributed by atoms with E-state index >= 15 is 0 Å². The molecule has 0 aromatic heterocycles. The van der Waals surface area contributed by atoms with E-state index in [-0.39, 0.29) is 18.5 Å². The fraction of sp³-hybridized carbons (Fsp3) is 0.150. The Hall–Kier alpha value is -2.81. The lowest BCUT2D eigenvalue weighted by molar-refractivity contribution is -0.120. The van der Waals surface area contributed by atoms with Gasteiger partial charge in [-0.25, -0.2) is 0 Å². The third-order valence-electron chi connectivity index (χ3n) is 3.91. The lowest BCUT2D eigenvalue weighted by Crippen LogP contribution is -2.32. The molecule has 0 aliphatic carbocycles. The van der Waals surface area contributed by atoms with E-state index in [0.717, 1.165) is 22.0 Å². The lowest BCUT2D eigenvalue weighted by Gasteiger charge is -2.15. The molecule has 1 atom stereocenters. The van der Waals surface area contributed by atoms with E-state index in [2.05, 4.69) is 28.8 Å². The molecule has 0 heterocycles. The van der Waals surface area contributed by atoms with Gasteiger partial charge in [0.1, 0.15) is 0 Å². The molecule has 116 valence electrons. The van der Waals surface area contributed by atoms with Crippen molar-refractivity contribution in [3.63, 3.8) is 0 Å². The van der Waals surface area contributed by atoms with Crippen LogP contribution < -0.4 is 10.6 Å². The number of rotatable bonds is 5. The van der Waals surface area contributed by atoms with Gasteiger partial charge in [-0.1, -0.05) is 66.7 Å². The normalized spacial score (nSPS) is 11.9. The molecule has 3 heteroatoms. The Bertz CT molecular complexity index is 794. The Morgan fingerprint density at radius 3 is 2.43 bits per heavy atom. The van der Waals surface area contributed by atoms with E-state index in [4.69, 9.17) is 0 Å². The Morgan fingerprint density at radius 1 is 0.913 bits per heavy atom. The highest BCUT2D eigenvalue weighted by Crippen LogP contribution is 2.22. The summed E-state index contributed by atoms with van der Waals surface area (Å²) in [6.07, 6.45) is 0. The van der Waals surface area contributed by atoms with Crippen LogP contribution in [0.25, 0.3) is 10.8 Å². The minimum atomic E-state index is -0.0192. The average molecular weight is 304 g/mol. The zero-order valence-corrected chi connectivity index (χ0v) is 13.1. The maximum Gasteiger partial charge on any atom is 0.239 e. The number of anilines is 1. The number of fused-ring (bicyclic) bond motifs is 1. The van der Waals surface area contributed by atoms with Gasteiger partial charge in [-0.15, -0.1) is 0 Å². The first-order valence-electron chi connectivity index (χ1n) is 7.80. The molecule has 0 unspecified atom stereocenters. The van der Waals surface area contributed by atoms with Crippen molar-refractivity contribution < 1.29 is 4.79 Å². The average Bonchev–Trinajstić information content (AvgIpc) is 2.60. The molecule has 3 rings (SSSR count). The summed E-state index contributed by atoms with van der Waals surface area (Å²) in [5.41, 5.74) is 2.08. The van der Waals surface area contributed by atoms with Crippen molar-refractivity contribution in [2.45, 2.75) is 13.0 Å². The zero-order chi connectivity index (χ0) is 16.1. The van der Waals surface area contributed by atoms with Crippen LogP contribution in [-0.2, 0) is 4.79 Å². The minimum Gasteiger partial charge on any atom is -0.376 e. The Labute approximate surface area is 136 Å². The summed E-state index contributed by atoms with van der Waals surface area (Å²) in [4.78, 5) is 12.2. The zero-order valence-electron chi connectivity index (χ0n) is 13.1. The van der Waals surface area contributed by atoms with E-state index in [0.29, 0.717) is 0 Å². The molecule has 3 nitrogen and oxygen atoms in total. The number of hydrogen-bond acceptors (Lipinski definition) is 2. The standard InChI is InChI=1S/C20H20N2O/c1-15(16-8-3-2-4-9-16)22-20(23)14-21-19-13-7-11-17-10-5-6-12-18(17)19/h2-13,15,21H,14H2,1H3,(H,22,23)/t15-/m1/s1. The highest BCUT2D eigenvalue weighted by molar-refractivity contribution is 5.95. The van der Waals surface area contributed by atoms with Gasteiger partial charge in [0, 0.05) is 11.1 Å². The fourth-order valence-corrected chi connectivity index (χ4v) is 2.67. The van der Waals surface area contributed by atoms with Gasteiger partial charge in [0.15, 0.2) is 0 Å². The molecule has 2 N–H and O–H groups in total. The third kappa shape index (κ3) is 3.69. The molecule has 0 fully saturated rings. The summed E-state index contributed by atoms with van der Waals surface area (Å²) in [5.74, 6) is -0.0192. The molecule has 0 radical (unpaired) electrons. The van der Waals surface area contributed by atoms with Crippen LogP contribution in [0.4, 0.5) is 5.69 Å². The van der Waals surface area contributed by atoms with Crippen LogP contribution in [0.1, 0.15) is 18.5 Å². The molecule has 23 heavy (non-hydrogen) atoms. The molecule has 0 saturated heterocycles. The third-order valence-corrected chi connectivity index (χ3v) is 3.91. The number of carbonyl (C=O) groups is 1. The quantitative estimate of drug-likeness (QED) is 0.744. The molecule has 0 saturated carbocycles. The first-order valence-corrected chi connectivity index (χ1v) is 7.80. The number of nitrogens with one attached hydrogen (secondary N) is 2. The largest absolute Gasteiger partial charge is 0.376 e. The van der Waals surface area contributed by atoms with Gasteiger partial charge in [-0.3, -0.25) is 4.79 Å². The number of amides is 1. The van der Waals surface area contributed by atoms with Crippen molar-refractivity contribution in [1.82, 2.24) is 5.32 Å². The van der Waals surface area contributed by atoms with Crippen LogP contribution >= 0.6 is 0 Å². The molecule has 0 aliphatic heterocycles. The van der Waals surface area contributed by atoms with Crippen LogP contribution in [0.5, 0.6) is 0 Å². The van der Waals surface area contributed by atoms with Gasteiger partial charge in [0.25, 0.3) is 0 Å². The van der Waals surface area contributed by atoms with Gasteiger partial charge >= 0.3 is 0 Å². The molecule has 1 amide bonds. The number of benzene rings is 3. The van der Waals surface area contributed by atoms with Crippen LogP contribution in [0, 0.1) is 0 Å². The summed E-state index contributed by atoms with van der Waals surface area (Å²) >= 11 is 0. The Morgan fingerprint density at radius 2 is 1.61 bits per heavy atom. The maximum atomic E-state index is 12.2. The maximum absolute atomic E-state index is 12.2. The summed E-state index contributed by atoms with van der Waals surface area (Å²) in [6, 6.07) is 24.2. The Kier molecular flexibility index (Phi) is 4.57. The van der Waals surface area contributed by atoms with Crippen LogP contribution in [-0.4, -0.2) is 12.5 Å². The SMILES string of the molecule is C[C@@H](NC(=O)CNc1cccc2ccccc12)c1ccccc1. The molecule has 0 bridgehead atoms. The smallest absolute Gasteiger partial charge is 0.239 e. The molecule has 3 aromatic rings. The van der Waals surface area contributed by atoms with E-state index in [1.807, 2.05) is 61.5 Å². The van der Waals surface area contributed by atoms with Crippen molar-refractivity contribution in [2.24, 2.45) is 0 Å². The van der Waals surface area contributed by atoms with E-state index in [1.54, 1.807) is 0 Å². The predicted molar refractivity (Wildman–Crippen MR) is 95.4 cm³/mol. The molecule has 0 spiro atoms. The summed E-state index contributed by atoms with van der Waals surface area (Å²) in [6.45, 7) is 2.25.